The van der Waals surface area contributed by atoms with Gasteiger partial charge in [-0.3, -0.25) is 9.59 Å². The Balaban J connectivity index is 1.95. The molecule has 0 fully saturated rings. The molecule has 0 atom stereocenters. The molecule has 2 amide bonds. The highest BCUT2D eigenvalue weighted by molar-refractivity contribution is 6.29. The summed E-state index contributed by atoms with van der Waals surface area (Å²) in [7, 11) is 0. The first-order chi connectivity index (χ1) is 15.0. The Labute approximate surface area is 182 Å². The van der Waals surface area contributed by atoms with Gasteiger partial charge >= 0.3 is 0 Å². The third kappa shape index (κ3) is 5.82. The Hall–Kier alpha value is -3.86. The monoisotopic (exact) mass is 414 g/mol. The maximum atomic E-state index is 13.1. The molecule has 5 nitrogen and oxygen atoms in total. The highest BCUT2D eigenvalue weighted by Crippen LogP contribution is 2.20. The molecule has 3 aromatic rings. The van der Waals surface area contributed by atoms with Gasteiger partial charge in [0.05, 0.1) is 6.61 Å². The van der Waals surface area contributed by atoms with Crippen LogP contribution in [0.5, 0.6) is 5.75 Å². The zero-order valence-electron chi connectivity index (χ0n) is 17.9. The lowest BCUT2D eigenvalue weighted by Crippen LogP contribution is -2.25. The third-order valence-corrected chi connectivity index (χ3v) is 4.76. The number of rotatable bonds is 7. The number of amides is 2. The molecule has 0 aliphatic rings. The van der Waals surface area contributed by atoms with Gasteiger partial charge in [0.25, 0.3) is 11.8 Å². The highest BCUT2D eigenvalue weighted by Gasteiger charge is 2.20. The second-order valence-corrected chi connectivity index (χ2v) is 7.10. The minimum absolute atomic E-state index is 0.000143. The molecular weight excluding hydrogens is 388 g/mol. The fraction of sp³-hybridized carbons (Fsp3) is 0.154. The van der Waals surface area contributed by atoms with E-state index in [1.165, 1.54) is 0 Å². The van der Waals surface area contributed by atoms with Crippen LogP contribution in [0.3, 0.4) is 0 Å². The maximum absolute atomic E-state index is 13.1. The normalized spacial score (nSPS) is 10.2. The summed E-state index contributed by atoms with van der Waals surface area (Å²) in [6, 6.07) is 22.2. The average molecular weight is 415 g/mol. The largest absolute Gasteiger partial charge is 0.494 e. The van der Waals surface area contributed by atoms with E-state index in [1.807, 2.05) is 75.4 Å². The van der Waals surface area contributed by atoms with Crippen LogP contribution in [0.25, 0.3) is 6.08 Å². The Bertz CT molecular complexity index is 1060. The van der Waals surface area contributed by atoms with Crippen molar-refractivity contribution in [3.63, 3.8) is 0 Å². The van der Waals surface area contributed by atoms with Crippen LogP contribution < -0.4 is 15.4 Å². The Kier molecular flexibility index (Phi) is 7.22. The SMILES string of the molecule is CCOc1cccc(C=C(C(=O)Nc2ccccc2C)C(=O)Nc2ccccc2C)c1. The summed E-state index contributed by atoms with van der Waals surface area (Å²) in [5.74, 6) is -0.293. The van der Waals surface area contributed by atoms with E-state index >= 15 is 0 Å². The molecule has 0 unspecified atom stereocenters. The number of benzene rings is 3. The van der Waals surface area contributed by atoms with Gasteiger partial charge in [0.2, 0.25) is 0 Å². The molecule has 0 heterocycles. The summed E-state index contributed by atoms with van der Waals surface area (Å²) in [4.78, 5) is 26.2. The summed E-state index contributed by atoms with van der Waals surface area (Å²) >= 11 is 0. The van der Waals surface area contributed by atoms with Crippen molar-refractivity contribution in [3.8, 4) is 5.75 Å². The van der Waals surface area contributed by atoms with Gasteiger partial charge in [-0.25, -0.2) is 0 Å². The first-order valence-corrected chi connectivity index (χ1v) is 10.2. The highest BCUT2D eigenvalue weighted by atomic mass is 16.5. The molecule has 31 heavy (non-hydrogen) atoms. The third-order valence-electron chi connectivity index (χ3n) is 4.76. The van der Waals surface area contributed by atoms with Crippen LogP contribution in [0, 0.1) is 13.8 Å². The minimum atomic E-state index is -0.484. The Morgan fingerprint density at radius 3 is 1.87 bits per heavy atom. The summed E-state index contributed by atoms with van der Waals surface area (Å²) in [5.41, 5.74) is 3.83. The molecule has 0 spiro atoms. The molecule has 0 bridgehead atoms. The first-order valence-electron chi connectivity index (χ1n) is 10.2. The van der Waals surface area contributed by atoms with Gasteiger partial charge in [0, 0.05) is 11.4 Å². The fourth-order valence-electron chi connectivity index (χ4n) is 3.07. The van der Waals surface area contributed by atoms with Gasteiger partial charge < -0.3 is 15.4 Å². The van der Waals surface area contributed by atoms with E-state index in [4.69, 9.17) is 4.74 Å². The van der Waals surface area contributed by atoms with Crippen molar-refractivity contribution in [3.05, 3.63) is 95.1 Å². The van der Waals surface area contributed by atoms with E-state index < -0.39 is 11.8 Å². The molecule has 0 saturated carbocycles. The molecule has 2 N–H and O–H groups in total. The zero-order chi connectivity index (χ0) is 22.2. The predicted octanol–water partition coefficient (Wildman–Crippen LogP) is 5.36. The number of hydrogen-bond acceptors (Lipinski definition) is 3. The molecule has 5 heteroatoms. The summed E-state index contributed by atoms with van der Waals surface area (Å²) < 4.78 is 5.54. The van der Waals surface area contributed by atoms with Crippen LogP contribution in [0.15, 0.2) is 78.4 Å². The van der Waals surface area contributed by atoms with Gasteiger partial charge in [-0.2, -0.15) is 0 Å². The van der Waals surface area contributed by atoms with Gasteiger partial charge in [-0.05, 0) is 67.8 Å². The smallest absolute Gasteiger partial charge is 0.261 e. The van der Waals surface area contributed by atoms with Crippen LogP contribution >= 0.6 is 0 Å². The van der Waals surface area contributed by atoms with Gasteiger partial charge in [-0.1, -0.05) is 48.5 Å². The zero-order valence-corrected chi connectivity index (χ0v) is 17.9. The maximum Gasteiger partial charge on any atom is 0.261 e. The molecule has 0 saturated heterocycles. The van der Waals surface area contributed by atoms with E-state index in [0.29, 0.717) is 29.3 Å². The van der Waals surface area contributed by atoms with E-state index in [9.17, 15) is 9.59 Å². The number of ether oxygens (including phenoxy) is 1. The lowest BCUT2D eigenvalue weighted by molar-refractivity contribution is -0.118. The van der Waals surface area contributed by atoms with Crippen LogP contribution in [-0.2, 0) is 9.59 Å². The average Bonchev–Trinajstić information content (AvgIpc) is 2.75. The lowest BCUT2D eigenvalue weighted by Gasteiger charge is -2.13. The Morgan fingerprint density at radius 2 is 1.35 bits per heavy atom. The number of nitrogens with one attached hydrogen (secondary N) is 2. The van der Waals surface area contributed by atoms with Crippen LogP contribution in [0.4, 0.5) is 11.4 Å². The molecule has 158 valence electrons. The summed E-state index contributed by atoms with van der Waals surface area (Å²) in [6.45, 7) is 6.23. The Morgan fingerprint density at radius 1 is 0.806 bits per heavy atom. The number of carbonyl (C=O) groups excluding carboxylic acids is 2. The van der Waals surface area contributed by atoms with Crippen molar-refractivity contribution in [2.75, 3.05) is 17.2 Å². The van der Waals surface area contributed by atoms with Gasteiger partial charge in [0.1, 0.15) is 11.3 Å². The lowest BCUT2D eigenvalue weighted by atomic mass is 10.1. The number of hydrogen-bond donors (Lipinski definition) is 2. The van der Waals surface area contributed by atoms with Crippen molar-refractivity contribution >= 4 is 29.3 Å². The standard InChI is InChI=1S/C26H26N2O3/c1-4-31-21-13-9-12-20(16-21)17-22(25(29)27-23-14-7-5-10-18(23)2)26(30)28-24-15-8-6-11-19(24)3/h5-17H,4H2,1-3H3,(H,27,29)(H,28,30). The number of carbonyl (C=O) groups is 2. The number of aryl methyl sites for hydroxylation is 2. The first kappa shape index (κ1) is 21.8. The van der Waals surface area contributed by atoms with Crippen molar-refractivity contribution in [2.24, 2.45) is 0 Å². The van der Waals surface area contributed by atoms with Crippen molar-refractivity contribution in [2.45, 2.75) is 20.8 Å². The second-order valence-electron chi connectivity index (χ2n) is 7.10. The molecule has 0 aliphatic heterocycles. The number of para-hydroxylation sites is 2. The van der Waals surface area contributed by atoms with E-state index in [2.05, 4.69) is 10.6 Å². The predicted molar refractivity (Wildman–Crippen MR) is 125 cm³/mol. The second kappa shape index (κ2) is 10.3. The molecule has 0 radical (unpaired) electrons. The molecule has 3 aromatic carbocycles. The molecule has 0 aromatic heterocycles. The number of anilines is 2. The van der Waals surface area contributed by atoms with Crippen molar-refractivity contribution < 1.29 is 14.3 Å². The van der Waals surface area contributed by atoms with E-state index in [0.717, 1.165) is 11.1 Å². The van der Waals surface area contributed by atoms with Crippen LogP contribution in [0.1, 0.15) is 23.6 Å². The van der Waals surface area contributed by atoms with Crippen LogP contribution in [0.2, 0.25) is 0 Å². The molecular formula is C26H26N2O3. The molecule has 3 rings (SSSR count). The van der Waals surface area contributed by atoms with Gasteiger partial charge in [0.15, 0.2) is 0 Å². The van der Waals surface area contributed by atoms with Crippen molar-refractivity contribution in [1.29, 1.82) is 0 Å². The summed E-state index contributed by atoms with van der Waals surface area (Å²) in [6.07, 6.45) is 1.57. The summed E-state index contributed by atoms with van der Waals surface area (Å²) in [5, 5.41) is 5.70. The van der Waals surface area contributed by atoms with Gasteiger partial charge in [-0.15, -0.1) is 0 Å². The van der Waals surface area contributed by atoms with E-state index in [-0.39, 0.29) is 5.57 Å². The fourth-order valence-corrected chi connectivity index (χ4v) is 3.07. The molecule has 0 aliphatic carbocycles. The quantitative estimate of drug-likeness (QED) is 0.311. The van der Waals surface area contributed by atoms with Crippen LogP contribution in [-0.4, -0.2) is 18.4 Å². The van der Waals surface area contributed by atoms with Crippen molar-refractivity contribution in [1.82, 2.24) is 0 Å². The topological polar surface area (TPSA) is 67.4 Å². The van der Waals surface area contributed by atoms with E-state index in [1.54, 1.807) is 24.3 Å². The minimum Gasteiger partial charge on any atom is -0.494 e.